The van der Waals surface area contributed by atoms with Crippen LogP contribution in [0.15, 0.2) is 45.3 Å². The van der Waals surface area contributed by atoms with E-state index in [-0.39, 0.29) is 0 Å². The summed E-state index contributed by atoms with van der Waals surface area (Å²) in [6.07, 6.45) is 0. The second kappa shape index (κ2) is 5.10. The van der Waals surface area contributed by atoms with Gasteiger partial charge in [0.25, 0.3) is 0 Å². The normalized spacial score (nSPS) is 10.3. The van der Waals surface area contributed by atoms with Crippen LogP contribution in [0, 0.1) is 6.92 Å². The topological polar surface area (TPSA) is 38.0 Å². The van der Waals surface area contributed by atoms with Gasteiger partial charge in [-0.2, -0.15) is 0 Å². The molecule has 0 radical (unpaired) electrons. The lowest BCUT2D eigenvalue weighted by Crippen LogP contribution is -1.94. The molecule has 4 heteroatoms. The lowest BCUT2D eigenvalue weighted by atomic mass is 10.2. The average molecular weight is 356 g/mol. The molecule has 0 aliphatic rings. The van der Waals surface area contributed by atoms with Gasteiger partial charge in [-0.1, -0.05) is 15.9 Å². The highest BCUT2D eigenvalue weighted by Crippen LogP contribution is 2.29. The minimum absolute atomic E-state index is 0.811. The first kappa shape index (κ1) is 12.5. The van der Waals surface area contributed by atoms with Crippen molar-refractivity contribution in [1.82, 2.24) is 0 Å². The number of benzene rings is 2. The number of nitrogens with one attached hydrogen (secondary N) is 1. The van der Waals surface area contributed by atoms with Crippen molar-refractivity contribution in [3.63, 3.8) is 0 Å². The Bertz CT molecular complexity index is 553. The Morgan fingerprint density at radius 1 is 1.06 bits per heavy atom. The fourth-order valence-electron chi connectivity index (χ4n) is 1.50. The smallest absolute Gasteiger partial charge is 0.0529 e. The fourth-order valence-corrected chi connectivity index (χ4v) is 2.65. The third kappa shape index (κ3) is 3.01. The predicted octanol–water partition coefficient (Wildman–Crippen LogP) is 4.85. The molecule has 0 unspecified atom stereocenters. The molecule has 3 N–H and O–H groups in total. The van der Waals surface area contributed by atoms with Crippen molar-refractivity contribution in [3.05, 3.63) is 50.9 Å². The van der Waals surface area contributed by atoms with E-state index in [0.29, 0.717) is 0 Å². The minimum atomic E-state index is 0.811. The van der Waals surface area contributed by atoms with Crippen LogP contribution in [0.25, 0.3) is 0 Å². The number of halogens is 2. The molecule has 0 spiro atoms. The molecule has 2 nitrogen and oxygen atoms in total. The molecule has 0 aliphatic heterocycles. The highest BCUT2D eigenvalue weighted by atomic mass is 79.9. The molecule has 0 amide bonds. The van der Waals surface area contributed by atoms with Crippen LogP contribution < -0.4 is 11.1 Å². The summed E-state index contributed by atoms with van der Waals surface area (Å²) < 4.78 is 2.06. The maximum absolute atomic E-state index is 5.79. The zero-order valence-corrected chi connectivity index (χ0v) is 12.5. The number of aryl methyl sites for hydroxylation is 1. The zero-order chi connectivity index (χ0) is 12.4. The second-order valence-corrected chi connectivity index (χ2v) is 5.59. The van der Waals surface area contributed by atoms with E-state index in [1.807, 2.05) is 43.3 Å². The van der Waals surface area contributed by atoms with E-state index in [1.165, 1.54) is 0 Å². The van der Waals surface area contributed by atoms with Gasteiger partial charge >= 0.3 is 0 Å². The largest absolute Gasteiger partial charge is 0.399 e. The molecule has 0 saturated carbocycles. The molecule has 17 heavy (non-hydrogen) atoms. The molecular formula is C13H12Br2N2. The first-order valence-corrected chi connectivity index (χ1v) is 6.73. The van der Waals surface area contributed by atoms with Crippen molar-refractivity contribution in [2.24, 2.45) is 0 Å². The quantitative estimate of drug-likeness (QED) is 0.756. The van der Waals surface area contributed by atoms with E-state index in [2.05, 4.69) is 37.2 Å². The summed E-state index contributed by atoms with van der Waals surface area (Å²) in [5.41, 5.74) is 9.72. The lowest BCUT2D eigenvalue weighted by Gasteiger charge is -2.10. The van der Waals surface area contributed by atoms with Gasteiger partial charge in [0.2, 0.25) is 0 Å². The van der Waals surface area contributed by atoms with E-state index < -0.39 is 0 Å². The van der Waals surface area contributed by atoms with Gasteiger partial charge < -0.3 is 11.1 Å². The second-order valence-electron chi connectivity index (χ2n) is 3.82. The van der Waals surface area contributed by atoms with Crippen molar-refractivity contribution in [1.29, 1.82) is 0 Å². The summed E-state index contributed by atoms with van der Waals surface area (Å²) in [6.45, 7) is 2.00. The monoisotopic (exact) mass is 354 g/mol. The van der Waals surface area contributed by atoms with Crippen molar-refractivity contribution in [2.75, 3.05) is 11.1 Å². The van der Waals surface area contributed by atoms with E-state index in [0.717, 1.165) is 31.6 Å². The van der Waals surface area contributed by atoms with Crippen LogP contribution in [0.3, 0.4) is 0 Å². The van der Waals surface area contributed by atoms with Crippen molar-refractivity contribution < 1.29 is 0 Å². The molecule has 2 rings (SSSR count). The maximum Gasteiger partial charge on any atom is 0.0529 e. The van der Waals surface area contributed by atoms with Gasteiger partial charge in [0, 0.05) is 20.3 Å². The van der Waals surface area contributed by atoms with E-state index in [1.54, 1.807) is 0 Å². The number of hydrogen-bond donors (Lipinski definition) is 2. The third-order valence-electron chi connectivity index (χ3n) is 2.48. The maximum atomic E-state index is 5.79. The average Bonchev–Trinajstić information content (AvgIpc) is 2.27. The molecule has 88 valence electrons. The predicted molar refractivity (Wildman–Crippen MR) is 80.7 cm³/mol. The zero-order valence-electron chi connectivity index (χ0n) is 9.30. The van der Waals surface area contributed by atoms with Crippen LogP contribution in [-0.2, 0) is 0 Å². The molecule has 2 aromatic rings. The molecule has 0 atom stereocenters. The molecular weight excluding hydrogens is 344 g/mol. The highest BCUT2D eigenvalue weighted by Gasteiger charge is 2.02. The summed E-state index contributed by atoms with van der Waals surface area (Å²) in [5, 5.41) is 3.34. The summed E-state index contributed by atoms with van der Waals surface area (Å²) in [5.74, 6) is 0. The first-order valence-electron chi connectivity index (χ1n) is 5.14. The van der Waals surface area contributed by atoms with Crippen LogP contribution in [-0.4, -0.2) is 0 Å². The molecule has 0 bridgehead atoms. The van der Waals surface area contributed by atoms with Crippen molar-refractivity contribution in [2.45, 2.75) is 6.92 Å². The Kier molecular flexibility index (Phi) is 3.74. The van der Waals surface area contributed by atoms with E-state index in [4.69, 9.17) is 5.73 Å². The Morgan fingerprint density at radius 3 is 2.47 bits per heavy atom. The van der Waals surface area contributed by atoms with Crippen LogP contribution in [0.2, 0.25) is 0 Å². The SMILES string of the molecule is Cc1cc(Nc2ccc(Br)cc2Br)ccc1N. The summed E-state index contributed by atoms with van der Waals surface area (Å²) >= 11 is 6.95. The van der Waals surface area contributed by atoms with Gasteiger partial charge in [0.1, 0.15) is 0 Å². The van der Waals surface area contributed by atoms with Crippen LogP contribution in [0.1, 0.15) is 5.56 Å². The number of rotatable bonds is 2. The van der Waals surface area contributed by atoms with Crippen LogP contribution in [0.5, 0.6) is 0 Å². The molecule has 0 heterocycles. The summed E-state index contributed by atoms with van der Waals surface area (Å²) in [4.78, 5) is 0. The van der Waals surface area contributed by atoms with Gasteiger partial charge in [-0.15, -0.1) is 0 Å². The molecule has 0 fully saturated rings. The molecule has 0 saturated heterocycles. The minimum Gasteiger partial charge on any atom is -0.399 e. The highest BCUT2D eigenvalue weighted by molar-refractivity contribution is 9.11. The number of hydrogen-bond acceptors (Lipinski definition) is 2. The molecule has 0 aromatic heterocycles. The van der Waals surface area contributed by atoms with Gasteiger partial charge in [0.15, 0.2) is 0 Å². The van der Waals surface area contributed by atoms with E-state index >= 15 is 0 Å². The number of nitrogen functional groups attached to an aromatic ring is 1. The van der Waals surface area contributed by atoms with Crippen molar-refractivity contribution >= 4 is 48.9 Å². The van der Waals surface area contributed by atoms with E-state index in [9.17, 15) is 0 Å². The molecule has 2 aromatic carbocycles. The lowest BCUT2D eigenvalue weighted by molar-refractivity contribution is 1.44. The Labute approximate surface area is 117 Å². The van der Waals surface area contributed by atoms with Gasteiger partial charge in [-0.05, 0) is 64.8 Å². The number of nitrogens with two attached hydrogens (primary N) is 1. The first-order chi connectivity index (χ1) is 8.06. The third-order valence-corrected chi connectivity index (χ3v) is 3.63. The summed E-state index contributed by atoms with van der Waals surface area (Å²) in [6, 6.07) is 11.9. The standard InChI is InChI=1S/C13H12Br2N2/c1-8-6-10(3-4-12(8)16)17-13-5-2-9(14)7-11(13)15/h2-7,17H,16H2,1H3. The Morgan fingerprint density at radius 2 is 1.82 bits per heavy atom. The Balaban J connectivity index is 2.28. The van der Waals surface area contributed by atoms with Gasteiger partial charge in [-0.25, -0.2) is 0 Å². The van der Waals surface area contributed by atoms with Crippen LogP contribution >= 0.6 is 31.9 Å². The number of anilines is 3. The molecule has 0 aliphatic carbocycles. The van der Waals surface area contributed by atoms with Crippen LogP contribution in [0.4, 0.5) is 17.1 Å². The van der Waals surface area contributed by atoms with Gasteiger partial charge in [-0.3, -0.25) is 0 Å². The van der Waals surface area contributed by atoms with Gasteiger partial charge in [0.05, 0.1) is 5.69 Å². The van der Waals surface area contributed by atoms with Crippen molar-refractivity contribution in [3.8, 4) is 0 Å². The summed E-state index contributed by atoms with van der Waals surface area (Å²) in [7, 11) is 0. The fraction of sp³-hybridized carbons (Fsp3) is 0.0769. The Hall–Kier alpha value is -1.00.